The zero-order valence-electron chi connectivity index (χ0n) is 10.2. The third-order valence-corrected chi connectivity index (χ3v) is 3.40. The van der Waals surface area contributed by atoms with Crippen LogP contribution in [0.5, 0.6) is 0 Å². The highest BCUT2D eigenvalue weighted by molar-refractivity contribution is 5.84. The lowest BCUT2D eigenvalue weighted by molar-refractivity contribution is -0.122. The molecule has 0 bridgehead atoms. The van der Waals surface area contributed by atoms with Gasteiger partial charge in [-0.05, 0) is 44.0 Å². The zero-order chi connectivity index (χ0) is 13.0. The molecule has 1 aliphatic carbocycles. The van der Waals surface area contributed by atoms with E-state index in [0.29, 0.717) is 6.42 Å². The van der Waals surface area contributed by atoms with Crippen molar-refractivity contribution < 1.29 is 13.6 Å². The van der Waals surface area contributed by atoms with Gasteiger partial charge in [-0.1, -0.05) is 12.2 Å². The van der Waals surface area contributed by atoms with Crippen LogP contribution in [0, 0.1) is 5.92 Å². The molecule has 1 fully saturated rings. The predicted octanol–water partition coefficient (Wildman–Crippen LogP) is 2.98. The summed E-state index contributed by atoms with van der Waals surface area (Å²) in [4.78, 5) is 12.0. The van der Waals surface area contributed by atoms with Crippen LogP contribution in [0.2, 0.25) is 0 Å². The number of hydrogen-bond donors (Lipinski definition) is 1. The summed E-state index contributed by atoms with van der Waals surface area (Å²) in [5, 5.41) is 3.18. The van der Waals surface area contributed by atoms with Crippen molar-refractivity contribution in [1.29, 1.82) is 0 Å². The van der Waals surface area contributed by atoms with Gasteiger partial charge in [0.2, 0.25) is 0 Å². The van der Waals surface area contributed by atoms with Gasteiger partial charge in [0.1, 0.15) is 5.78 Å². The number of piperidine rings is 1. The van der Waals surface area contributed by atoms with Gasteiger partial charge in [0.15, 0.2) is 11.7 Å². The van der Waals surface area contributed by atoms with Gasteiger partial charge >= 0.3 is 0 Å². The highest BCUT2D eigenvalue weighted by atomic mass is 19.2. The van der Waals surface area contributed by atoms with Crippen LogP contribution in [0.4, 0.5) is 8.78 Å². The largest absolute Gasteiger partial charge is 0.317 e. The fraction of sp³-hybridized carbons (Fsp3) is 0.500. The second-order valence-electron chi connectivity index (χ2n) is 4.70. The Hall–Kier alpha value is -1.29. The number of ketones is 1. The highest BCUT2D eigenvalue weighted by Crippen LogP contribution is 2.27. The number of carbonyl (C=O) groups excluding carboxylic acids is 1. The van der Waals surface area contributed by atoms with Crippen LogP contribution in [0.25, 0.3) is 0 Å². The molecule has 1 aliphatic heterocycles. The molecule has 0 atom stereocenters. The molecule has 98 valence electrons. The average Bonchev–Trinajstić information content (AvgIpc) is 2.55. The molecule has 2 rings (SSSR count). The van der Waals surface area contributed by atoms with Crippen molar-refractivity contribution in [3.05, 3.63) is 35.5 Å². The number of hydrogen-bond acceptors (Lipinski definition) is 2. The molecule has 4 heteroatoms. The third-order valence-electron chi connectivity index (χ3n) is 3.40. The lowest BCUT2D eigenvalue weighted by Crippen LogP contribution is -2.31. The van der Waals surface area contributed by atoms with Crippen molar-refractivity contribution in [2.75, 3.05) is 13.1 Å². The van der Waals surface area contributed by atoms with Crippen LogP contribution in [0.15, 0.2) is 35.5 Å². The quantitative estimate of drug-likeness (QED) is 0.837. The monoisotopic (exact) mass is 253 g/mol. The Morgan fingerprint density at radius 2 is 2.06 bits per heavy atom. The molecule has 2 nitrogen and oxygen atoms in total. The molecule has 0 aromatic rings. The summed E-state index contributed by atoms with van der Waals surface area (Å²) in [6.07, 6.45) is 6.33. The SMILES string of the molecule is O=C(CC1=C(F)C(F)=CCC=C1)C1CCNCC1. The van der Waals surface area contributed by atoms with Crippen molar-refractivity contribution in [1.82, 2.24) is 5.32 Å². The Morgan fingerprint density at radius 3 is 2.78 bits per heavy atom. The van der Waals surface area contributed by atoms with Crippen LogP contribution in [-0.4, -0.2) is 18.9 Å². The summed E-state index contributed by atoms with van der Waals surface area (Å²) in [6.45, 7) is 1.64. The van der Waals surface area contributed by atoms with Crippen LogP contribution < -0.4 is 5.32 Å². The molecule has 2 aliphatic rings. The van der Waals surface area contributed by atoms with Gasteiger partial charge in [-0.25, -0.2) is 8.78 Å². The van der Waals surface area contributed by atoms with Crippen LogP contribution >= 0.6 is 0 Å². The van der Waals surface area contributed by atoms with Gasteiger partial charge in [0.25, 0.3) is 0 Å². The Kier molecular flexibility index (Phi) is 4.42. The number of halogens is 2. The summed E-state index contributed by atoms with van der Waals surface area (Å²) in [5.41, 5.74) is 0.171. The first kappa shape index (κ1) is 13.1. The first-order valence-electron chi connectivity index (χ1n) is 6.33. The summed E-state index contributed by atoms with van der Waals surface area (Å²) in [5.74, 6) is -1.74. The van der Waals surface area contributed by atoms with Crippen molar-refractivity contribution in [3.63, 3.8) is 0 Å². The van der Waals surface area contributed by atoms with Gasteiger partial charge in [0.05, 0.1) is 0 Å². The maximum Gasteiger partial charge on any atom is 0.162 e. The van der Waals surface area contributed by atoms with Crippen molar-refractivity contribution in [3.8, 4) is 0 Å². The minimum absolute atomic E-state index is 0.00569. The smallest absolute Gasteiger partial charge is 0.162 e. The normalized spacial score (nSPS) is 21.8. The molecule has 1 N–H and O–H groups in total. The first-order valence-corrected chi connectivity index (χ1v) is 6.33. The zero-order valence-corrected chi connectivity index (χ0v) is 10.2. The van der Waals surface area contributed by atoms with E-state index in [0.717, 1.165) is 25.9 Å². The summed E-state index contributed by atoms with van der Waals surface area (Å²) >= 11 is 0. The minimum Gasteiger partial charge on any atom is -0.317 e. The fourth-order valence-corrected chi connectivity index (χ4v) is 2.31. The molecule has 18 heavy (non-hydrogen) atoms. The number of Topliss-reactive ketones (excluding diaryl/α,β-unsaturated/α-hetero) is 1. The third kappa shape index (κ3) is 3.13. The topological polar surface area (TPSA) is 29.1 Å². The van der Waals surface area contributed by atoms with Gasteiger partial charge in [-0.2, -0.15) is 0 Å². The van der Waals surface area contributed by atoms with Crippen LogP contribution in [0.1, 0.15) is 25.7 Å². The van der Waals surface area contributed by atoms with Crippen molar-refractivity contribution >= 4 is 5.78 Å². The predicted molar refractivity (Wildman–Crippen MR) is 66.3 cm³/mol. The van der Waals surface area contributed by atoms with E-state index in [1.54, 1.807) is 6.08 Å². The van der Waals surface area contributed by atoms with E-state index in [1.807, 2.05) is 0 Å². The molecule has 0 spiro atoms. The maximum atomic E-state index is 13.6. The number of carbonyl (C=O) groups is 1. The number of allylic oxidation sites excluding steroid dienone is 6. The average molecular weight is 253 g/mol. The van der Waals surface area contributed by atoms with Crippen LogP contribution in [-0.2, 0) is 4.79 Å². The molecule has 0 aromatic carbocycles. The van der Waals surface area contributed by atoms with Crippen molar-refractivity contribution in [2.24, 2.45) is 5.92 Å². The molecule has 0 unspecified atom stereocenters. The molecule has 0 amide bonds. The maximum absolute atomic E-state index is 13.6. The van der Waals surface area contributed by atoms with E-state index < -0.39 is 11.7 Å². The van der Waals surface area contributed by atoms with E-state index in [4.69, 9.17) is 0 Å². The number of nitrogens with one attached hydrogen (secondary N) is 1. The lowest BCUT2D eigenvalue weighted by Gasteiger charge is -2.21. The van der Waals surface area contributed by atoms with E-state index in [-0.39, 0.29) is 23.7 Å². The molecule has 1 saturated heterocycles. The Labute approximate surface area is 105 Å². The Morgan fingerprint density at radius 1 is 1.33 bits per heavy atom. The minimum atomic E-state index is -0.883. The first-order chi connectivity index (χ1) is 8.68. The molecular weight excluding hydrogens is 236 g/mol. The molecular formula is C14H17F2NO. The van der Waals surface area contributed by atoms with Gasteiger partial charge in [-0.15, -0.1) is 0 Å². The van der Waals surface area contributed by atoms with Gasteiger partial charge < -0.3 is 5.32 Å². The molecule has 1 heterocycles. The lowest BCUT2D eigenvalue weighted by atomic mass is 9.89. The highest BCUT2D eigenvalue weighted by Gasteiger charge is 2.23. The molecule has 0 aromatic heterocycles. The van der Waals surface area contributed by atoms with Crippen LogP contribution in [0.3, 0.4) is 0 Å². The summed E-state index contributed by atoms with van der Waals surface area (Å²) in [6, 6.07) is 0. The van der Waals surface area contributed by atoms with E-state index >= 15 is 0 Å². The second-order valence-corrected chi connectivity index (χ2v) is 4.70. The van der Waals surface area contributed by atoms with Gasteiger partial charge in [0, 0.05) is 12.3 Å². The van der Waals surface area contributed by atoms with E-state index in [2.05, 4.69) is 5.32 Å². The summed E-state index contributed by atoms with van der Waals surface area (Å²) < 4.78 is 26.9. The Balaban J connectivity index is 2.05. The van der Waals surface area contributed by atoms with E-state index in [9.17, 15) is 13.6 Å². The number of rotatable bonds is 3. The second kappa shape index (κ2) is 6.05. The molecule has 0 radical (unpaired) electrons. The summed E-state index contributed by atoms with van der Waals surface area (Å²) in [7, 11) is 0. The van der Waals surface area contributed by atoms with Crippen molar-refractivity contribution in [2.45, 2.75) is 25.7 Å². The van der Waals surface area contributed by atoms with E-state index in [1.165, 1.54) is 12.2 Å². The standard InChI is InChI=1S/C14H17F2NO/c15-12-4-2-1-3-11(14(12)16)9-13(18)10-5-7-17-8-6-10/h1,3-4,10,17H,2,5-9H2. The van der Waals surface area contributed by atoms with Gasteiger partial charge in [-0.3, -0.25) is 4.79 Å². The fourth-order valence-electron chi connectivity index (χ4n) is 2.31. The Bertz CT molecular complexity index is 418. The molecule has 0 saturated carbocycles.